The Hall–Kier alpha value is -0.430. The van der Waals surface area contributed by atoms with E-state index in [0.29, 0.717) is 0 Å². The lowest BCUT2D eigenvalue weighted by Crippen LogP contribution is -2.35. The van der Waals surface area contributed by atoms with Gasteiger partial charge in [-0.3, -0.25) is 9.36 Å². The van der Waals surface area contributed by atoms with Gasteiger partial charge in [0.25, 0.3) is 0 Å². The van der Waals surface area contributed by atoms with Crippen molar-refractivity contribution in [1.29, 1.82) is 0 Å². The minimum Gasteiger partial charge on any atom is -0.480 e. The van der Waals surface area contributed by atoms with Crippen LogP contribution in [0.15, 0.2) is 0 Å². The van der Waals surface area contributed by atoms with Gasteiger partial charge in [0.1, 0.15) is 5.16 Å². The van der Waals surface area contributed by atoms with Crippen LogP contribution in [-0.2, 0) is 9.36 Å². The van der Waals surface area contributed by atoms with E-state index in [1.165, 1.54) is 6.92 Å². The van der Waals surface area contributed by atoms with Crippen LogP contribution < -0.4 is 0 Å². The quantitative estimate of drug-likeness (QED) is 0.668. The molecule has 2 atom stereocenters. The summed E-state index contributed by atoms with van der Waals surface area (Å²) in [5.41, 5.74) is 0. The lowest BCUT2D eigenvalue weighted by atomic mass is 9.93. The first-order valence-corrected chi connectivity index (χ1v) is 4.38. The van der Waals surface area contributed by atoms with E-state index in [-0.39, 0.29) is 14.4 Å². The largest absolute Gasteiger partial charge is 0.480 e. The molecule has 0 aliphatic rings. The highest BCUT2D eigenvalue weighted by atomic mass is 31.1. The van der Waals surface area contributed by atoms with Gasteiger partial charge in [0.15, 0.2) is 8.46 Å². The monoisotopic (exact) mass is 176 g/mol. The third-order valence-corrected chi connectivity index (χ3v) is 3.21. The molecule has 3 nitrogen and oxygen atoms in total. The number of carboxylic acid groups (broad SMARTS) is 1. The second-order valence-corrected chi connectivity index (χ2v) is 3.96. The molecule has 0 spiro atoms. The van der Waals surface area contributed by atoms with Crippen molar-refractivity contribution in [1.82, 2.24) is 0 Å². The van der Waals surface area contributed by atoms with E-state index in [2.05, 4.69) is 0 Å². The van der Waals surface area contributed by atoms with Crippen LogP contribution in [0, 0.1) is 5.92 Å². The summed E-state index contributed by atoms with van der Waals surface area (Å²) in [4.78, 5) is 10.6. The van der Waals surface area contributed by atoms with E-state index in [9.17, 15) is 9.36 Å². The number of aliphatic carboxylic acids is 1. The average molecular weight is 176 g/mol. The fourth-order valence-electron chi connectivity index (χ4n) is 0.737. The maximum absolute atomic E-state index is 10.6. The molecular weight excluding hydrogens is 163 g/mol. The van der Waals surface area contributed by atoms with Crippen LogP contribution in [0.3, 0.4) is 0 Å². The highest BCUT2D eigenvalue weighted by Crippen LogP contribution is 2.33. The van der Waals surface area contributed by atoms with Crippen LogP contribution in [0.4, 0.5) is 0 Å². The zero-order chi connectivity index (χ0) is 9.07. The zero-order valence-electron chi connectivity index (χ0n) is 7.00. The Balaban J connectivity index is 4.58. The van der Waals surface area contributed by atoms with Gasteiger partial charge in [-0.25, -0.2) is 0 Å². The maximum Gasteiger partial charge on any atom is 0.321 e. The first-order chi connectivity index (χ1) is 4.99. The van der Waals surface area contributed by atoms with Gasteiger partial charge < -0.3 is 5.11 Å². The second kappa shape index (κ2) is 3.82. The highest BCUT2D eigenvalue weighted by molar-refractivity contribution is 7.27. The van der Waals surface area contributed by atoms with Gasteiger partial charge in [-0.15, -0.1) is 0 Å². The normalized spacial score (nSPS) is 19.2. The summed E-state index contributed by atoms with van der Waals surface area (Å²) in [5, 5.41) is 7.61. The summed E-state index contributed by atoms with van der Waals surface area (Å²) in [6.07, 6.45) is 0.720. The number of carboxylic acids is 1. The van der Waals surface area contributed by atoms with Crippen LogP contribution in [0.5, 0.6) is 0 Å². The molecule has 1 N–H and O–H groups in total. The highest BCUT2D eigenvalue weighted by Gasteiger charge is 2.39. The van der Waals surface area contributed by atoms with Crippen molar-refractivity contribution in [2.24, 2.45) is 5.92 Å². The van der Waals surface area contributed by atoms with Gasteiger partial charge in [-0.2, -0.15) is 0 Å². The molecule has 0 saturated heterocycles. The molecule has 64 valence electrons. The summed E-state index contributed by atoms with van der Waals surface area (Å²) in [6.45, 7) is 5.17. The number of rotatable bonds is 4. The van der Waals surface area contributed by atoms with Crippen molar-refractivity contribution in [3.63, 3.8) is 0 Å². The molecule has 0 radical (unpaired) electrons. The third-order valence-electron chi connectivity index (χ3n) is 2.19. The SMILES string of the molecule is CCC(C)C(C)(P=O)C(=O)O. The van der Waals surface area contributed by atoms with Gasteiger partial charge in [0.05, 0.1) is 0 Å². The van der Waals surface area contributed by atoms with Crippen molar-refractivity contribution < 1.29 is 14.5 Å². The van der Waals surface area contributed by atoms with Crippen LogP contribution in [-0.4, -0.2) is 16.2 Å². The first-order valence-electron chi connectivity index (χ1n) is 3.57. The summed E-state index contributed by atoms with van der Waals surface area (Å²) in [6, 6.07) is 0. The fourth-order valence-corrected chi connectivity index (χ4v) is 1.18. The first kappa shape index (κ1) is 10.6. The van der Waals surface area contributed by atoms with E-state index in [4.69, 9.17) is 5.11 Å². The Labute approximate surface area is 68.0 Å². The molecule has 0 bridgehead atoms. The summed E-state index contributed by atoms with van der Waals surface area (Å²) < 4.78 is 10.6. The van der Waals surface area contributed by atoms with Gasteiger partial charge in [-0.1, -0.05) is 20.3 Å². The van der Waals surface area contributed by atoms with Crippen LogP contribution in [0.2, 0.25) is 0 Å². The van der Waals surface area contributed by atoms with Crippen molar-refractivity contribution in [3.8, 4) is 0 Å². The van der Waals surface area contributed by atoms with Crippen molar-refractivity contribution in [2.75, 3.05) is 0 Å². The van der Waals surface area contributed by atoms with Gasteiger partial charge in [0, 0.05) is 0 Å². The Morgan fingerprint density at radius 3 is 2.27 bits per heavy atom. The Kier molecular flexibility index (Phi) is 3.67. The molecule has 0 aromatic heterocycles. The van der Waals surface area contributed by atoms with E-state index >= 15 is 0 Å². The molecule has 0 aromatic rings. The maximum atomic E-state index is 10.6. The topological polar surface area (TPSA) is 54.4 Å². The molecule has 0 heterocycles. The molecule has 0 aromatic carbocycles. The lowest BCUT2D eigenvalue weighted by Gasteiger charge is -2.22. The lowest BCUT2D eigenvalue weighted by molar-refractivity contribution is -0.140. The summed E-state index contributed by atoms with van der Waals surface area (Å²) >= 11 is 0. The standard InChI is InChI=1S/C7H13O3P/c1-4-5(2)7(3,11-10)6(8)9/h5H,4H2,1-3H3,(H,8,9). The smallest absolute Gasteiger partial charge is 0.321 e. The molecule has 0 amide bonds. The molecule has 0 rings (SSSR count). The van der Waals surface area contributed by atoms with Crippen molar-refractivity contribution in [3.05, 3.63) is 0 Å². The Morgan fingerprint density at radius 2 is 2.18 bits per heavy atom. The molecule has 0 fully saturated rings. The van der Waals surface area contributed by atoms with Crippen molar-refractivity contribution in [2.45, 2.75) is 32.3 Å². The fraction of sp³-hybridized carbons (Fsp3) is 0.857. The Bertz CT molecular complexity index is 169. The molecule has 0 saturated carbocycles. The predicted octanol–water partition coefficient (Wildman–Crippen LogP) is 2.17. The molecule has 2 unspecified atom stereocenters. The van der Waals surface area contributed by atoms with Gasteiger partial charge in [0.2, 0.25) is 0 Å². The molecule has 4 heteroatoms. The summed E-state index contributed by atoms with van der Waals surface area (Å²) in [5.74, 6) is -1.07. The molecular formula is C7H13O3P. The minimum absolute atomic E-state index is 0.0702. The molecule has 0 aliphatic heterocycles. The predicted molar refractivity (Wildman–Crippen MR) is 43.1 cm³/mol. The average Bonchev–Trinajstić information content (AvgIpc) is 2.01. The number of hydrogen-bond donors (Lipinski definition) is 1. The van der Waals surface area contributed by atoms with E-state index in [1.807, 2.05) is 6.92 Å². The number of hydrogen-bond acceptors (Lipinski definition) is 2. The van der Waals surface area contributed by atoms with Gasteiger partial charge in [-0.05, 0) is 12.8 Å². The number of carbonyl (C=O) groups is 1. The second-order valence-electron chi connectivity index (χ2n) is 2.85. The van der Waals surface area contributed by atoms with E-state index in [0.717, 1.165) is 6.42 Å². The molecule has 11 heavy (non-hydrogen) atoms. The van der Waals surface area contributed by atoms with Crippen LogP contribution >= 0.6 is 8.46 Å². The van der Waals surface area contributed by atoms with Crippen LogP contribution in [0.25, 0.3) is 0 Å². The third kappa shape index (κ3) is 2.00. The van der Waals surface area contributed by atoms with Gasteiger partial charge >= 0.3 is 5.97 Å². The summed E-state index contributed by atoms with van der Waals surface area (Å²) in [7, 11) is -0.308. The van der Waals surface area contributed by atoms with E-state index < -0.39 is 11.1 Å². The zero-order valence-corrected chi connectivity index (χ0v) is 7.89. The molecule has 0 aliphatic carbocycles. The van der Waals surface area contributed by atoms with Crippen LogP contribution in [0.1, 0.15) is 27.2 Å². The Morgan fingerprint density at radius 1 is 1.73 bits per heavy atom. The van der Waals surface area contributed by atoms with E-state index in [1.54, 1.807) is 6.92 Å². The van der Waals surface area contributed by atoms with Crippen molar-refractivity contribution >= 4 is 14.4 Å². The minimum atomic E-state index is -1.12.